The third-order valence-corrected chi connectivity index (χ3v) is 3.79. The Morgan fingerprint density at radius 3 is 2.84 bits per heavy atom. The second-order valence-electron chi connectivity index (χ2n) is 4.85. The monoisotopic (exact) mass is 283 g/mol. The molecule has 1 atom stereocenters. The lowest BCUT2D eigenvalue weighted by molar-refractivity contribution is 0.449. The molecule has 19 heavy (non-hydrogen) atoms. The first-order valence-corrected chi connectivity index (χ1v) is 7.38. The van der Waals surface area contributed by atoms with Crippen LogP contribution in [0.1, 0.15) is 40.2 Å². The third-order valence-electron chi connectivity index (χ3n) is 2.84. The van der Waals surface area contributed by atoms with E-state index in [1.807, 2.05) is 27.7 Å². The standard InChI is InChI=1S/C12H21N5OS/c1-5-14-12(4,8-13)6-7-19-11-16-15-10(18)17(11)9(2)3/h9,14H,5-7H2,1-4H3,(H,15,18). The van der Waals surface area contributed by atoms with Gasteiger partial charge in [-0.2, -0.15) is 5.26 Å². The largest absolute Gasteiger partial charge is 0.344 e. The van der Waals surface area contributed by atoms with Crippen LogP contribution in [0, 0.1) is 11.3 Å². The maximum absolute atomic E-state index is 11.6. The summed E-state index contributed by atoms with van der Waals surface area (Å²) in [6.07, 6.45) is 0.696. The lowest BCUT2D eigenvalue weighted by Crippen LogP contribution is -2.41. The van der Waals surface area contributed by atoms with Crippen LogP contribution in [0.4, 0.5) is 0 Å². The fourth-order valence-corrected chi connectivity index (χ4v) is 3.00. The minimum atomic E-state index is -0.527. The number of rotatable bonds is 7. The summed E-state index contributed by atoms with van der Waals surface area (Å²) in [5.41, 5.74) is -0.715. The molecule has 0 aliphatic heterocycles. The Kier molecular flexibility index (Phi) is 5.63. The quantitative estimate of drug-likeness (QED) is 0.741. The number of H-pyrrole nitrogens is 1. The molecule has 0 amide bonds. The van der Waals surface area contributed by atoms with Crippen molar-refractivity contribution in [3.05, 3.63) is 10.5 Å². The van der Waals surface area contributed by atoms with E-state index in [4.69, 9.17) is 5.26 Å². The van der Waals surface area contributed by atoms with Crippen molar-refractivity contribution in [3.8, 4) is 6.07 Å². The van der Waals surface area contributed by atoms with E-state index in [0.717, 1.165) is 12.3 Å². The van der Waals surface area contributed by atoms with E-state index in [1.54, 1.807) is 4.57 Å². The molecule has 1 heterocycles. The zero-order valence-electron chi connectivity index (χ0n) is 11.9. The van der Waals surface area contributed by atoms with Gasteiger partial charge in [0.15, 0.2) is 5.16 Å². The lowest BCUT2D eigenvalue weighted by atomic mass is 10.0. The maximum Gasteiger partial charge on any atom is 0.344 e. The van der Waals surface area contributed by atoms with E-state index in [0.29, 0.717) is 11.6 Å². The van der Waals surface area contributed by atoms with Gasteiger partial charge in [0, 0.05) is 11.8 Å². The van der Waals surface area contributed by atoms with E-state index in [-0.39, 0.29) is 11.7 Å². The Labute approximate surface area is 117 Å². The molecule has 0 saturated heterocycles. The highest BCUT2D eigenvalue weighted by molar-refractivity contribution is 7.99. The summed E-state index contributed by atoms with van der Waals surface area (Å²) in [6, 6.07) is 2.36. The van der Waals surface area contributed by atoms with Crippen molar-refractivity contribution in [1.82, 2.24) is 20.1 Å². The number of nitrogens with one attached hydrogen (secondary N) is 2. The average Bonchev–Trinajstić information content (AvgIpc) is 2.71. The second kappa shape index (κ2) is 6.78. The maximum atomic E-state index is 11.6. The van der Waals surface area contributed by atoms with Gasteiger partial charge in [0.2, 0.25) is 0 Å². The molecule has 2 N–H and O–H groups in total. The van der Waals surface area contributed by atoms with Crippen LogP contribution >= 0.6 is 11.8 Å². The Bertz CT molecular complexity index is 501. The predicted octanol–water partition coefficient (Wildman–Crippen LogP) is 1.53. The van der Waals surface area contributed by atoms with Crippen LogP contribution < -0.4 is 11.0 Å². The number of nitriles is 1. The first-order chi connectivity index (χ1) is 8.93. The van der Waals surface area contributed by atoms with Gasteiger partial charge in [-0.15, -0.1) is 5.10 Å². The van der Waals surface area contributed by atoms with Gasteiger partial charge < -0.3 is 0 Å². The molecule has 0 aliphatic carbocycles. The normalized spacial score (nSPS) is 14.3. The molecule has 0 aliphatic rings. The highest BCUT2D eigenvalue weighted by atomic mass is 32.2. The number of aromatic nitrogens is 3. The van der Waals surface area contributed by atoms with Crippen molar-refractivity contribution in [2.75, 3.05) is 12.3 Å². The van der Waals surface area contributed by atoms with Crippen molar-refractivity contribution >= 4 is 11.8 Å². The van der Waals surface area contributed by atoms with Crippen molar-refractivity contribution in [3.63, 3.8) is 0 Å². The van der Waals surface area contributed by atoms with Crippen molar-refractivity contribution in [2.45, 2.75) is 50.9 Å². The summed E-state index contributed by atoms with van der Waals surface area (Å²) in [7, 11) is 0. The Hall–Kier alpha value is -1.26. The van der Waals surface area contributed by atoms with Crippen LogP contribution in [-0.2, 0) is 0 Å². The molecule has 1 unspecified atom stereocenters. The first-order valence-electron chi connectivity index (χ1n) is 6.39. The number of hydrogen-bond donors (Lipinski definition) is 2. The molecule has 106 valence electrons. The van der Waals surface area contributed by atoms with Gasteiger partial charge in [-0.1, -0.05) is 18.7 Å². The van der Waals surface area contributed by atoms with E-state index in [9.17, 15) is 4.79 Å². The Balaban J connectivity index is 2.64. The molecule has 1 aromatic heterocycles. The summed E-state index contributed by atoms with van der Waals surface area (Å²) in [4.78, 5) is 11.6. The van der Waals surface area contributed by atoms with Crippen LogP contribution in [-0.4, -0.2) is 32.6 Å². The molecule has 0 bridgehead atoms. The Morgan fingerprint density at radius 2 is 2.32 bits per heavy atom. The first kappa shape index (κ1) is 15.8. The number of thioether (sulfide) groups is 1. The molecule has 1 aromatic rings. The highest BCUT2D eigenvalue weighted by Crippen LogP contribution is 2.20. The minimum Gasteiger partial charge on any atom is -0.300 e. The van der Waals surface area contributed by atoms with Crippen molar-refractivity contribution in [1.29, 1.82) is 5.26 Å². The van der Waals surface area contributed by atoms with Crippen LogP contribution in [0.15, 0.2) is 9.95 Å². The highest BCUT2D eigenvalue weighted by Gasteiger charge is 2.22. The third kappa shape index (κ3) is 4.11. The minimum absolute atomic E-state index is 0.0740. The summed E-state index contributed by atoms with van der Waals surface area (Å²) in [6.45, 7) is 8.51. The van der Waals surface area contributed by atoms with Gasteiger partial charge >= 0.3 is 5.69 Å². The molecule has 7 heteroatoms. The molecular formula is C12H21N5OS. The average molecular weight is 283 g/mol. The van der Waals surface area contributed by atoms with E-state index < -0.39 is 5.54 Å². The van der Waals surface area contributed by atoms with Crippen LogP contribution in [0.25, 0.3) is 0 Å². The van der Waals surface area contributed by atoms with Crippen molar-refractivity contribution in [2.24, 2.45) is 0 Å². The van der Waals surface area contributed by atoms with E-state index >= 15 is 0 Å². The van der Waals surface area contributed by atoms with Crippen LogP contribution in [0.3, 0.4) is 0 Å². The number of aromatic amines is 1. The van der Waals surface area contributed by atoms with E-state index in [2.05, 4.69) is 21.6 Å². The van der Waals surface area contributed by atoms with Gasteiger partial charge in [-0.25, -0.2) is 9.89 Å². The molecule has 6 nitrogen and oxygen atoms in total. The second-order valence-corrected chi connectivity index (χ2v) is 5.91. The van der Waals surface area contributed by atoms with Gasteiger partial charge in [0.05, 0.1) is 6.07 Å². The summed E-state index contributed by atoms with van der Waals surface area (Å²) in [5.74, 6) is 0.730. The molecule has 1 rings (SSSR count). The molecule has 0 aromatic carbocycles. The SMILES string of the molecule is CCNC(C)(C#N)CCSc1n[nH]c(=O)n1C(C)C. The van der Waals surface area contributed by atoms with Gasteiger partial charge in [-0.3, -0.25) is 9.88 Å². The topological polar surface area (TPSA) is 86.5 Å². The Morgan fingerprint density at radius 1 is 1.63 bits per heavy atom. The molecule has 0 radical (unpaired) electrons. The fourth-order valence-electron chi connectivity index (χ4n) is 1.77. The zero-order valence-corrected chi connectivity index (χ0v) is 12.7. The zero-order chi connectivity index (χ0) is 14.5. The van der Waals surface area contributed by atoms with Gasteiger partial charge in [-0.05, 0) is 33.7 Å². The van der Waals surface area contributed by atoms with Crippen LogP contribution in [0.5, 0.6) is 0 Å². The molecule has 0 saturated carbocycles. The number of hydrogen-bond acceptors (Lipinski definition) is 5. The summed E-state index contributed by atoms with van der Waals surface area (Å²) < 4.78 is 1.63. The lowest BCUT2D eigenvalue weighted by Gasteiger charge is -2.21. The smallest absolute Gasteiger partial charge is 0.300 e. The summed E-state index contributed by atoms with van der Waals surface area (Å²) >= 11 is 1.49. The molecule has 0 fully saturated rings. The predicted molar refractivity (Wildman–Crippen MR) is 76.3 cm³/mol. The molecule has 0 spiro atoms. The van der Waals surface area contributed by atoms with Gasteiger partial charge in [0.1, 0.15) is 5.54 Å². The van der Waals surface area contributed by atoms with Gasteiger partial charge in [0.25, 0.3) is 0 Å². The van der Waals surface area contributed by atoms with E-state index in [1.165, 1.54) is 11.8 Å². The van der Waals surface area contributed by atoms with Crippen molar-refractivity contribution < 1.29 is 0 Å². The fraction of sp³-hybridized carbons (Fsp3) is 0.750. The molecular weight excluding hydrogens is 262 g/mol. The number of nitrogens with zero attached hydrogens (tertiary/aromatic N) is 3. The summed E-state index contributed by atoms with van der Waals surface area (Å²) in [5, 5.41) is 19.5. The van der Waals surface area contributed by atoms with Crippen LogP contribution in [0.2, 0.25) is 0 Å².